The van der Waals surface area contributed by atoms with E-state index < -0.39 is 23.3 Å². The molecule has 3 aromatic rings. The maximum absolute atomic E-state index is 12.2. The zero-order valence-corrected chi connectivity index (χ0v) is 28.6. The fourth-order valence-electron chi connectivity index (χ4n) is 3.66. The number of rotatable bonds is 13. The van der Waals surface area contributed by atoms with Crippen LogP contribution in [0, 0.1) is 0 Å². The van der Waals surface area contributed by atoms with E-state index in [1.807, 2.05) is 64.1 Å². The first kappa shape index (κ1) is 38.9. The summed E-state index contributed by atoms with van der Waals surface area (Å²) in [4.78, 5) is 57.8. The van der Waals surface area contributed by atoms with Gasteiger partial charge < -0.3 is 35.7 Å². The van der Waals surface area contributed by atoms with Gasteiger partial charge in [0, 0.05) is 25.1 Å². The predicted octanol–water partition coefficient (Wildman–Crippen LogP) is 4.96. The number of carbonyl (C=O) groups excluding carboxylic acids is 3. The van der Waals surface area contributed by atoms with Gasteiger partial charge in [-0.25, -0.2) is 9.59 Å². The summed E-state index contributed by atoms with van der Waals surface area (Å²) in [6.45, 7) is 13.3. The molecule has 0 fully saturated rings. The number of nitrogens with one attached hydrogen (secondary N) is 2. The topological polar surface area (TPSA) is 205 Å². The summed E-state index contributed by atoms with van der Waals surface area (Å²) < 4.78 is 15.8. The monoisotopic (exact) mass is 666 g/mol. The van der Waals surface area contributed by atoms with Crippen LogP contribution in [0.3, 0.4) is 0 Å². The van der Waals surface area contributed by atoms with Crippen LogP contribution in [0.15, 0.2) is 48.5 Å². The number of hydrogen-bond donors (Lipinski definition) is 4. The predicted molar refractivity (Wildman–Crippen MR) is 180 cm³/mol. The van der Waals surface area contributed by atoms with E-state index >= 15 is 0 Å². The highest BCUT2D eigenvalue weighted by atomic mass is 16.6. The van der Waals surface area contributed by atoms with Crippen LogP contribution in [0.5, 0.6) is 6.01 Å². The summed E-state index contributed by atoms with van der Waals surface area (Å²) in [6, 6.07) is 15.1. The van der Waals surface area contributed by atoms with Gasteiger partial charge in [-0.1, -0.05) is 24.3 Å². The van der Waals surface area contributed by atoms with Crippen molar-refractivity contribution < 1.29 is 38.5 Å². The minimum absolute atomic E-state index is 0.0921. The number of Topliss-reactive ketones (excluding diaryl/α,β-unsaturated/α-hetero) is 1. The number of ketones is 1. The largest absolute Gasteiger partial charge is 0.481 e. The average Bonchev–Trinajstić information content (AvgIpc) is 2.98. The summed E-state index contributed by atoms with van der Waals surface area (Å²) >= 11 is 0. The molecule has 0 spiro atoms. The Kier molecular flexibility index (Phi) is 14.7. The van der Waals surface area contributed by atoms with Crippen molar-refractivity contribution in [3.63, 3.8) is 0 Å². The van der Waals surface area contributed by atoms with E-state index in [2.05, 4.69) is 25.6 Å². The molecule has 0 saturated carbocycles. The van der Waals surface area contributed by atoms with Crippen molar-refractivity contribution >= 4 is 35.5 Å². The molecule has 0 atom stereocenters. The summed E-state index contributed by atoms with van der Waals surface area (Å²) in [5, 5.41) is 13.8. The zero-order chi connectivity index (χ0) is 35.9. The number of nitrogens with zero attached hydrogens (tertiary/aromatic N) is 3. The molecule has 2 aromatic carbocycles. The number of ether oxygens (including phenoxy) is 3. The van der Waals surface area contributed by atoms with Crippen molar-refractivity contribution in [2.45, 2.75) is 85.5 Å². The van der Waals surface area contributed by atoms with Gasteiger partial charge in [0.25, 0.3) is 0 Å². The summed E-state index contributed by atoms with van der Waals surface area (Å²) in [5.41, 5.74) is 7.81. The first-order valence-electron chi connectivity index (χ1n) is 15.4. The van der Waals surface area contributed by atoms with Crippen LogP contribution in [0.25, 0.3) is 0 Å². The number of benzene rings is 2. The number of alkyl carbamates (subject to hydrolysis) is 1. The lowest BCUT2D eigenvalue weighted by molar-refractivity contribution is -0.138. The van der Waals surface area contributed by atoms with Crippen LogP contribution < -0.4 is 21.1 Å². The van der Waals surface area contributed by atoms with E-state index in [4.69, 9.17) is 25.1 Å². The van der Waals surface area contributed by atoms with E-state index in [1.165, 1.54) is 0 Å². The van der Waals surface area contributed by atoms with E-state index in [0.717, 1.165) is 11.1 Å². The van der Waals surface area contributed by atoms with Crippen LogP contribution >= 0.6 is 0 Å². The highest BCUT2D eigenvalue weighted by Crippen LogP contribution is 2.16. The Bertz CT molecular complexity index is 1510. The number of amides is 1. The number of aromatic nitrogens is 3. The molecule has 0 unspecified atom stereocenters. The second-order valence-corrected chi connectivity index (χ2v) is 12.5. The quantitative estimate of drug-likeness (QED) is 0.141. The Morgan fingerprint density at radius 3 is 1.98 bits per heavy atom. The van der Waals surface area contributed by atoms with E-state index in [1.54, 1.807) is 32.9 Å². The van der Waals surface area contributed by atoms with Crippen molar-refractivity contribution in [3.8, 4) is 6.01 Å². The molecule has 1 aromatic heterocycles. The molecule has 1 amide bonds. The first-order valence-corrected chi connectivity index (χ1v) is 15.4. The fourth-order valence-corrected chi connectivity index (χ4v) is 3.66. The molecule has 0 bridgehead atoms. The summed E-state index contributed by atoms with van der Waals surface area (Å²) in [5.74, 6) is -0.732. The number of carbonyl (C=O) groups is 4. The number of carboxylic acid groups (broad SMARTS) is 1. The second kappa shape index (κ2) is 18.2. The number of aliphatic carboxylic acids is 1. The minimum Gasteiger partial charge on any atom is -0.481 e. The Morgan fingerprint density at radius 2 is 1.42 bits per heavy atom. The highest BCUT2D eigenvalue weighted by molar-refractivity contribution is 5.89. The third-order valence-electron chi connectivity index (χ3n) is 5.76. The van der Waals surface area contributed by atoms with Crippen molar-refractivity contribution in [1.29, 1.82) is 0 Å². The number of esters is 1. The standard InChI is InChI=1S/C24H29N5O3.C10H17NO5/c1-5-31-23-28-20(27-22(29-23)26-15-17-8-12-19(25)13-9-17)14-16-6-10-18(11-7-16)21(30)32-24(2,3)4;1-10(2,3)16-9(15)11-6-7(12)4-5-8(13)14/h6-13H,5,14-15,25H2,1-4H3,(H,26,27,28,29);4-6H2,1-3H3,(H,11,15)(H,13,14). The van der Waals surface area contributed by atoms with Crippen molar-refractivity contribution in [3.05, 3.63) is 71.0 Å². The lowest BCUT2D eigenvalue weighted by Gasteiger charge is -2.19. The van der Waals surface area contributed by atoms with Crippen molar-refractivity contribution in [1.82, 2.24) is 20.3 Å². The third-order valence-corrected chi connectivity index (χ3v) is 5.76. The lowest BCUT2D eigenvalue weighted by Crippen LogP contribution is -2.35. The van der Waals surface area contributed by atoms with E-state index in [9.17, 15) is 19.2 Å². The van der Waals surface area contributed by atoms with Gasteiger partial charge in [-0.2, -0.15) is 15.0 Å². The molecule has 0 aliphatic carbocycles. The molecule has 14 heteroatoms. The molecule has 14 nitrogen and oxygen atoms in total. The molecule has 3 rings (SSSR count). The number of anilines is 2. The molecule has 0 aliphatic rings. The summed E-state index contributed by atoms with van der Waals surface area (Å²) in [6.07, 6.45) is -0.538. The van der Waals surface area contributed by atoms with Crippen LogP contribution in [0.1, 0.15) is 88.6 Å². The molecular formula is C34H46N6O8. The maximum Gasteiger partial charge on any atom is 0.408 e. The van der Waals surface area contributed by atoms with Crippen LogP contribution in [0.2, 0.25) is 0 Å². The third kappa shape index (κ3) is 16.3. The van der Waals surface area contributed by atoms with Gasteiger partial charge in [-0.05, 0) is 83.9 Å². The number of hydrogen-bond acceptors (Lipinski definition) is 12. The van der Waals surface area contributed by atoms with Gasteiger partial charge in [-0.3, -0.25) is 9.59 Å². The highest BCUT2D eigenvalue weighted by Gasteiger charge is 2.18. The fraction of sp³-hybridized carbons (Fsp3) is 0.441. The number of nitrogens with two attached hydrogens (primary N) is 1. The van der Waals surface area contributed by atoms with Gasteiger partial charge in [0.15, 0.2) is 5.78 Å². The molecule has 0 radical (unpaired) electrons. The van der Waals surface area contributed by atoms with Crippen LogP contribution in [0.4, 0.5) is 16.4 Å². The van der Waals surface area contributed by atoms with Crippen molar-refractivity contribution in [2.24, 2.45) is 0 Å². The maximum atomic E-state index is 12.2. The van der Waals surface area contributed by atoms with Gasteiger partial charge in [0.1, 0.15) is 17.0 Å². The molecule has 260 valence electrons. The van der Waals surface area contributed by atoms with Gasteiger partial charge >= 0.3 is 24.0 Å². The smallest absolute Gasteiger partial charge is 0.408 e. The Balaban J connectivity index is 0.000000424. The Morgan fingerprint density at radius 1 is 0.812 bits per heavy atom. The zero-order valence-electron chi connectivity index (χ0n) is 28.6. The number of carboxylic acids is 1. The van der Waals surface area contributed by atoms with Crippen molar-refractivity contribution in [2.75, 3.05) is 24.2 Å². The molecule has 0 saturated heterocycles. The SMILES string of the molecule is CC(C)(C)OC(=O)NCC(=O)CCC(=O)O.CCOc1nc(Cc2ccc(C(=O)OC(C)(C)C)cc2)nc(NCc2ccc(N)cc2)n1. The average molecular weight is 667 g/mol. The second-order valence-electron chi connectivity index (χ2n) is 12.5. The van der Waals surface area contributed by atoms with E-state index in [-0.39, 0.29) is 37.1 Å². The number of nitrogen functional groups attached to an aromatic ring is 1. The molecule has 1 heterocycles. The van der Waals surface area contributed by atoms with Gasteiger partial charge in [0.05, 0.1) is 25.1 Å². The molecule has 5 N–H and O–H groups in total. The Labute approximate surface area is 280 Å². The van der Waals surface area contributed by atoms with Gasteiger partial charge in [0.2, 0.25) is 5.95 Å². The molecule has 48 heavy (non-hydrogen) atoms. The first-order chi connectivity index (χ1) is 22.4. The molecule has 0 aliphatic heterocycles. The Hall–Kier alpha value is -5.27. The van der Waals surface area contributed by atoms with Gasteiger partial charge in [-0.15, -0.1) is 0 Å². The van der Waals surface area contributed by atoms with E-state index in [0.29, 0.717) is 42.6 Å². The normalized spacial score (nSPS) is 11.0. The summed E-state index contributed by atoms with van der Waals surface area (Å²) in [7, 11) is 0. The lowest BCUT2D eigenvalue weighted by atomic mass is 10.1. The van der Waals surface area contributed by atoms with Crippen LogP contribution in [-0.2, 0) is 32.0 Å². The van der Waals surface area contributed by atoms with Crippen LogP contribution in [-0.4, -0.2) is 68.2 Å². The minimum atomic E-state index is -1.04. The molecular weight excluding hydrogens is 620 g/mol.